The van der Waals surface area contributed by atoms with Crippen molar-refractivity contribution in [3.05, 3.63) is 0 Å². The first-order valence-corrected chi connectivity index (χ1v) is 4.07. The van der Waals surface area contributed by atoms with Crippen molar-refractivity contribution in [3.63, 3.8) is 0 Å². The Bertz CT molecular complexity index is 133. The molecule has 0 amide bonds. The summed E-state index contributed by atoms with van der Waals surface area (Å²) in [6.45, 7) is 3.41. The van der Waals surface area contributed by atoms with Crippen molar-refractivity contribution in [2.24, 2.45) is 11.3 Å². The third kappa shape index (κ3) is 0.867. The van der Waals surface area contributed by atoms with E-state index in [9.17, 15) is 0 Å². The summed E-state index contributed by atoms with van der Waals surface area (Å²) in [5.41, 5.74) is 0.611. The van der Waals surface area contributed by atoms with Gasteiger partial charge < -0.3 is 10.1 Å². The maximum absolute atomic E-state index is 5.20. The van der Waals surface area contributed by atoms with Crippen LogP contribution in [0.3, 0.4) is 0 Å². The molecule has 1 aliphatic carbocycles. The Labute approximate surface area is 61.9 Å². The smallest absolute Gasteiger partial charge is 0.0522 e. The number of rotatable bonds is 2. The molecule has 2 unspecified atom stereocenters. The average Bonchev–Trinajstić information content (AvgIpc) is 2.62. The third-order valence-electron chi connectivity index (χ3n) is 2.98. The van der Waals surface area contributed by atoms with E-state index in [0.717, 1.165) is 12.5 Å². The van der Waals surface area contributed by atoms with Gasteiger partial charge in [-0.25, -0.2) is 0 Å². The summed E-state index contributed by atoms with van der Waals surface area (Å²) in [7, 11) is 1.81. The van der Waals surface area contributed by atoms with Crippen molar-refractivity contribution in [2.75, 3.05) is 26.8 Å². The number of ether oxygens (including phenoxy) is 1. The van der Waals surface area contributed by atoms with E-state index in [1.54, 1.807) is 0 Å². The van der Waals surface area contributed by atoms with Crippen molar-refractivity contribution < 1.29 is 4.74 Å². The molecule has 2 nitrogen and oxygen atoms in total. The summed E-state index contributed by atoms with van der Waals surface area (Å²) < 4.78 is 5.20. The van der Waals surface area contributed by atoms with Crippen LogP contribution in [0.2, 0.25) is 0 Å². The van der Waals surface area contributed by atoms with Gasteiger partial charge in [-0.1, -0.05) is 0 Å². The summed E-state index contributed by atoms with van der Waals surface area (Å²) >= 11 is 0. The Balaban J connectivity index is 1.92. The molecule has 0 aromatic rings. The normalized spacial score (nSPS) is 44.7. The predicted octanol–water partition coefficient (Wildman–Crippen LogP) is 0.632. The standard InChI is InChI=1S/C8H15NO/c1-10-6-8-2-3-9-5-7(8)4-8/h7,9H,2-6H2,1H3. The van der Waals surface area contributed by atoms with Crippen molar-refractivity contribution in [3.8, 4) is 0 Å². The van der Waals surface area contributed by atoms with Crippen LogP contribution in [0.4, 0.5) is 0 Å². The van der Waals surface area contributed by atoms with Crippen molar-refractivity contribution in [2.45, 2.75) is 12.8 Å². The van der Waals surface area contributed by atoms with Crippen LogP contribution in [0.5, 0.6) is 0 Å². The van der Waals surface area contributed by atoms with E-state index in [4.69, 9.17) is 4.74 Å². The minimum Gasteiger partial charge on any atom is -0.384 e. The zero-order valence-corrected chi connectivity index (χ0v) is 6.52. The van der Waals surface area contributed by atoms with E-state index in [1.807, 2.05) is 7.11 Å². The molecule has 1 heterocycles. The lowest BCUT2D eigenvalue weighted by atomic mass is 9.98. The van der Waals surface area contributed by atoms with Gasteiger partial charge in [0, 0.05) is 7.11 Å². The number of piperidine rings is 1. The lowest BCUT2D eigenvalue weighted by molar-refractivity contribution is 0.119. The maximum Gasteiger partial charge on any atom is 0.0522 e. The minimum absolute atomic E-state index is 0.611. The molecule has 2 aliphatic rings. The van der Waals surface area contributed by atoms with Gasteiger partial charge in [0.1, 0.15) is 0 Å². The second-order valence-electron chi connectivity index (χ2n) is 3.65. The van der Waals surface area contributed by atoms with Gasteiger partial charge in [0.15, 0.2) is 0 Å². The van der Waals surface area contributed by atoms with Crippen molar-refractivity contribution >= 4 is 0 Å². The zero-order chi connectivity index (χ0) is 7.03. The van der Waals surface area contributed by atoms with E-state index in [0.29, 0.717) is 5.41 Å². The maximum atomic E-state index is 5.20. The number of fused-ring (bicyclic) bond motifs is 1. The number of hydrogen-bond acceptors (Lipinski definition) is 2. The van der Waals surface area contributed by atoms with Crippen LogP contribution in [0.1, 0.15) is 12.8 Å². The van der Waals surface area contributed by atoms with Gasteiger partial charge in [-0.2, -0.15) is 0 Å². The summed E-state index contributed by atoms with van der Waals surface area (Å²) in [5, 5.41) is 3.40. The van der Waals surface area contributed by atoms with E-state index in [1.165, 1.54) is 25.9 Å². The van der Waals surface area contributed by atoms with E-state index in [-0.39, 0.29) is 0 Å². The Morgan fingerprint density at radius 3 is 3.30 bits per heavy atom. The van der Waals surface area contributed by atoms with Crippen LogP contribution in [-0.4, -0.2) is 26.8 Å². The van der Waals surface area contributed by atoms with Crippen LogP contribution in [0.25, 0.3) is 0 Å². The lowest BCUT2D eigenvalue weighted by Gasteiger charge is -2.21. The molecule has 2 atom stereocenters. The molecule has 0 aromatic heterocycles. The summed E-state index contributed by atoms with van der Waals surface area (Å²) in [6, 6.07) is 0. The molecule has 58 valence electrons. The highest BCUT2D eigenvalue weighted by Crippen LogP contribution is 2.56. The van der Waals surface area contributed by atoms with E-state index < -0.39 is 0 Å². The molecule has 1 N–H and O–H groups in total. The Kier molecular flexibility index (Phi) is 1.46. The van der Waals surface area contributed by atoms with Gasteiger partial charge in [0.25, 0.3) is 0 Å². The second kappa shape index (κ2) is 2.21. The molecule has 2 fully saturated rings. The molecule has 2 heteroatoms. The predicted molar refractivity (Wildman–Crippen MR) is 39.9 cm³/mol. The monoisotopic (exact) mass is 141 g/mol. The Hall–Kier alpha value is -0.0800. The largest absolute Gasteiger partial charge is 0.384 e. The zero-order valence-electron chi connectivity index (χ0n) is 6.52. The number of nitrogens with one attached hydrogen (secondary N) is 1. The molecule has 1 saturated heterocycles. The fraction of sp³-hybridized carbons (Fsp3) is 1.00. The van der Waals surface area contributed by atoms with Crippen LogP contribution in [-0.2, 0) is 4.74 Å². The molecule has 1 aliphatic heterocycles. The highest BCUT2D eigenvalue weighted by Gasteiger charge is 2.54. The van der Waals surface area contributed by atoms with Crippen LogP contribution in [0, 0.1) is 11.3 Å². The van der Waals surface area contributed by atoms with Gasteiger partial charge in [-0.15, -0.1) is 0 Å². The molecule has 10 heavy (non-hydrogen) atoms. The molecule has 0 bridgehead atoms. The molecule has 0 radical (unpaired) electrons. The van der Waals surface area contributed by atoms with Crippen LogP contribution < -0.4 is 5.32 Å². The first kappa shape index (κ1) is 6.62. The highest BCUT2D eigenvalue weighted by atomic mass is 16.5. The molecule has 1 saturated carbocycles. The first-order valence-electron chi connectivity index (χ1n) is 4.07. The average molecular weight is 141 g/mol. The SMILES string of the molecule is COCC12CCNCC1C2. The topological polar surface area (TPSA) is 21.3 Å². The fourth-order valence-electron chi connectivity index (χ4n) is 2.18. The van der Waals surface area contributed by atoms with Gasteiger partial charge in [-0.3, -0.25) is 0 Å². The van der Waals surface area contributed by atoms with Crippen LogP contribution >= 0.6 is 0 Å². The molecule has 0 spiro atoms. The number of hydrogen-bond donors (Lipinski definition) is 1. The Morgan fingerprint density at radius 2 is 2.60 bits per heavy atom. The van der Waals surface area contributed by atoms with Crippen molar-refractivity contribution in [1.29, 1.82) is 0 Å². The summed E-state index contributed by atoms with van der Waals surface area (Å²) in [6.07, 6.45) is 2.72. The lowest BCUT2D eigenvalue weighted by Crippen LogP contribution is -2.31. The Morgan fingerprint density at radius 1 is 1.70 bits per heavy atom. The fourth-order valence-corrected chi connectivity index (χ4v) is 2.18. The molecule has 2 rings (SSSR count). The van der Waals surface area contributed by atoms with Gasteiger partial charge >= 0.3 is 0 Å². The first-order chi connectivity index (χ1) is 4.87. The molecule has 0 aromatic carbocycles. The van der Waals surface area contributed by atoms with Crippen LogP contribution in [0.15, 0.2) is 0 Å². The molecular weight excluding hydrogens is 126 g/mol. The van der Waals surface area contributed by atoms with E-state index >= 15 is 0 Å². The summed E-state index contributed by atoms with van der Waals surface area (Å²) in [5.74, 6) is 0.932. The van der Waals surface area contributed by atoms with E-state index in [2.05, 4.69) is 5.32 Å². The third-order valence-corrected chi connectivity index (χ3v) is 2.98. The second-order valence-corrected chi connectivity index (χ2v) is 3.65. The molecular formula is C8H15NO. The van der Waals surface area contributed by atoms with Gasteiger partial charge in [0.05, 0.1) is 6.61 Å². The minimum atomic E-state index is 0.611. The quantitative estimate of drug-likeness (QED) is 0.609. The van der Waals surface area contributed by atoms with Gasteiger partial charge in [0.2, 0.25) is 0 Å². The summed E-state index contributed by atoms with van der Waals surface area (Å²) in [4.78, 5) is 0. The van der Waals surface area contributed by atoms with Crippen molar-refractivity contribution in [1.82, 2.24) is 5.32 Å². The van der Waals surface area contributed by atoms with Gasteiger partial charge in [-0.05, 0) is 37.3 Å². The highest BCUT2D eigenvalue weighted by molar-refractivity contribution is 5.05. The number of methoxy groups -OCH3 is 1.